The molecule has 0 saturated carbocycles. The molecule has 2 aliphatic heterocycles. The third kappa shape index (κ3) is 6.05. The molecule has 0 aliphatic carbocycles. The van der Waals surface area contributed by atoms with Crippen molar-refractivity contribution in [2.45, 2.75) is 56.7 Å². The van der Waals surface area contributed by atoms with Crippen LogP contribution in [-0.4, -0.2) is 75.9 Å². The minimum absolute atomic E-state index is 0.00551. The Labute approximate surface area is 224 Å². The van der Waals surface area contributed by atoms with Crippen molar-refractivity contribution in [2.75, 3.05) is 31.2 Å². The molecule has 2 atom stereocenters. The van der Waals surface area contributed by atoms with Crippen molar-refractivity contribution in [3.8, 4) is 0 Å². The molecule has 16 heteroatoms. The number of fused-ring (bicyclic) bond motifs is 1. The summed E-state index contributed by atoms with van der Waals surface area (Å²) in [6.07, 6.45) is -4.52. The van der Waals surface area contributed by atoms with Gasteiger partial charge in [0.2, 0.25) is 11.9 Å². The summed E-state index contributed by atoms with van der Waals surface area (Å²) in [5, 5.41) is 7.42. The number of nitrogens with two attached hydrogens (primary N) is 1. The molecule has 2 amide bonds. The van der Waals surface area contributed by atoms with E-state index < -0.39 is 35.0 Å². The van der Waals surface area contributed by atoms with Gasteiger partial charge in [-0.25, -0.2) is 9.97 Å². The number of aromatic nitrogens is 3. The maximum atomic E-state index is 13.3. The van der Waals surface area contributed by atoms with Gasteiger partial charge in [-0.1, -0.05) is 0 Å². The third-order valence-electron chi connectivity index (χ3n) is 7.10. The molecule has 0 aromatic carbocycles. The number of nitrogens with one attached hydrogen (secondary N) is 1. The van der Waals surface area contributed by atoms with E-state index in [9.17, 15) is 35.9 Å². The van der Waals surface area contributed by atoms with E-state index in [1.54, 1.807) is 4.90 Å². The fourth-order valence-electron chi connectivity index (χ4n) is 5.31. The van der Waals surface area contributed by atoms with Gasteiger partial charge in [-0.05, 0) is 19.3 Å². The van der Waals surface area contributed by atoms with Crippen molar-refractivity contribution in [1.29, 1.82) is 5.41 Å². The Kier molecular flexibility index (Phi) is 8.37. The van der Waals surface area contributed by atoms with E-state index in [4.69, 9.17) is 15.9 Å². The van der Waals surface area contributed by atoms with Crippen LogP contribution in [-0.2, 0) is 28.4 Å². The second kappa shape index (κ2) is 11.4. The highest BCUT2D eigenvalue weighted by molar-refractivity contribution is 6.02. The highest BCUT2D eigenvalue weighted by Crippen LogP contribution is 2.35. The maximum Gasteiger partial charge on any atom is 0.419 e. The number of likely N-dealkylation sites (tertiary alicyclic amines) is 1. The van der Waals surface area contributed by atoms with Crippen LogP contribution in [0.25, 0.3) is 0 Å². The summed E-state index contributed by atoms with van der Waals surface area (Å²) < 4.78 is 85.0. The molecule has 2 aromatic heterocycles. The first kappa shape index (κ1) is 29.3. The van der Waals surface area contributed by atoms with Gasteiger partial charge in [0.1, 0.15) is 0 Å². The van der Waals surface area contributed by atoms with Crippen molar-refractivity contribution >= 4 is 24.0 Å². The van der Waals surface area contributed by atoms with Gasteiger partial charge in [-0.15, -0.1) is 0 Å². The summed E-state index contributed by atoms with van der Waals surface area (Å²) in [5.41, 5.74) is 1.85. The van der Waals surface area contributed by atoms with E-state index in [0.717, 1.165) is 23.4 Å². The van der Waals surface area contributed by atoms with Crippen LogP contribution in [0.1, 0.15) is 52.9 Å². The molecule has 4 rings (SSSR count). The van der Waals surface area contributed by atoms with E-state index in [1.165, 1.54) is 0 Å². The molecule has 10 nitrogen and oxygen atoms in total. The summed E-state index contributed by atoms with van der Waals surface area (Å²) in [4.78, 5) is 35.9. The number of rotatable bonds is 9. The monoisotopic (exact) mass is 575 g/mol. The molecular weight excluding hydrogens is 548 g/mol. The molecule has 4 heterocycles. The predicted molar refractivity (Wildman–Crippen MR) is 129 cm³/mol. The van der Waals surface area contributed by atoms with Gasteiger partial charge in [-0.2, -0.15) is 26.3 Å². The van der Waals surface area contributed by atoms with Crippen LogP contribution in [0.15, 0.2) is 18.6 Å². The minimum Gasteiger partial charge on any atom is -0.379 e. The maximum absolute atomic E-state index is 13.3. The Morgan fingerprint density at radius 1 is 1.05 bits per heavy atom. The van der Waals surface area contributed by atoms with Gasteiger partial charge in [0.15, 0.2) is 0 Å². The summed E-state index contributed by atoms with van der Waals surface area (Å²) in [6, 6.07) is -0.291. The van der Waals surface area contributed by atoms with Gasteiger partial charge >= 0.3 is 12.4 Å². The number of halogens is 6. The second-order valence-corrected chi connectivity index (χ2v) is 9.48. The van der Waals surface area contributed by atoms with E-state index >= 15 is 0 Å². The molecule has 0 spiro atoms. The Hall–Kier alpha value is -3.69. The SMILES string of the molecule is N=Cc1c(C(N)=O)c(C(F)(F)F)cn1CCOCCC(=O)N1CCC[C@@H]2[C@H]1CCN2c1ncc(C(F)(F)F)cn1. The normalized spacial score (nSPS) is 19.6. The van der Waals surface area contributed by atoms with E-state index in [-0.39, 0.29) is 55.8 Å². The number of hydrogen-bond donors (Lipinski definition) is 2. The molecule has 218 valence electrons. The van der Waals surface area contributed by atoms with Gasteiger partial charge < -0.3 is 30.2 Å². The lowest BCUT2D eigenvalue weighted by atomic mass is 9.96. The Bertz CT molecular complexity index is 1250. The second-order valence-electron chi connectivity index (χ2n) is 9.48. The molecule has 2 fully saturated rings. The Balaban J connectivity index is 1.31. The fourth-order valence-corrected chi connectivity index (χ4v) is 5.31. The number of carbonyl (C=O) groups is 2. The largest absolute Gasteiger partial charge is 0.419 e. The predicted octanol–water partition coefficient (Wildman–Crippen LogP) is 3.09. The molecule has 40 heavy (non-hydrogen) atoms. The van der Waals surface area contributed by atoms with Gasteiger partial charge in [-0.3, -0.25) is 9.59 Å². The smallest absolute Gasteiger partial charge is 0.379 e. The number of hydrogen-bond acceptors (Lipinski definition) is 7. The Morgan fingerprint density at radius 2 is 1.75 bits per heavy atom. The molecular formula is C24H27F6N7O3. The average molecular weight is 576 g/mol. The summed E-state index contributed by atoms with van der Waals surface area (Å²) in [6.45, 7) is 0.813. The first-order valence-corrected chi connectivity index (χ1v) is 12.5. The first-order valence-electron chi connectivity index (χ1n) is 12.5. The molecule has 3 N–H and O–H groups in total. The summed E-state index contributed by atoms with van der Waals surface area (Å²) in [5.74, 6) is -1.30. The zero-order chi connectivity index (χ0) is 29.2. The molecule has 0 radical (unpaired) electrons. The highest BCUT2D eigenvalue weighted by atomic mass is 19.4. The number of ether oxygens (including phenoxy) is 1. The molecule has 0 unspecified atom stereocenters. The molecule has 2 saturated heterocycles. The number of primary amides is 1. The fraction of sp³-hybridized carbons (Fsp3) is 0.542. The number of carbonyl (C=O) groups excluding carboxylic acids is 2. The zero-order valence-electron chi connectivity index (χ0n) is 21.1. The van der Waals surface area contributed by atoms with Crippen LogP contribution in [0.4, 0.5) is 32.3 Å². The number of piperidine rings is 1. The Morgan fingerprint density at radius 3 is 2.35 bits per heavy atom. The number of amides is 2. The van der Waals surface area contributed by atoms with E-state index in [2.05, 4.69) is 9.97 Å². The lowest BCUT2D eigenvalue weighted by molar-refractivity contribution is -0.138. The highest BCUT2D eigenvalue weighted by Gasteiger charge is 2.43. The summed E-state index contributed by atoms with van der Waals surface area (Å²) in [7, 11) is 0. The van der Waals surface area contributed by atoms with Crippen LogP contribution >= 0.6 is 0 Å². The zero-order valence-corrected chi connectivity index (χ0v) is 21.1. The van der Waals surface area contributed by atoms with E-state index in [0.29, 0.717) is 38.3 Å². The van der Waals surface area contributed by atoms with Crippen LogP contribution in [0.3, 0.4) is 0 Å². The third-order valence-corrected chi connectivity index (χ3v) is 7.10. The van der Waals surface area contributed by atoms with Crippen molar-refractivity contribution in [3.05, 3.63) is 41.0 Å². The topological polar surface area (TPSA) is 130 Å². The van der Waals surface area contributed by atoms with Crippen LogP contribution in [0.5, 0.6) is 0 Å². The van der Waals surface area contributed by atoms with Crippen LogP contribution < -0.4 is 10.6 Å². The van der Waals surface area contributed by atoms with Gasteiger partial charge in [0.25, 0.3) is 5.91 Å². The average Bonchev–Trinajstić information content (AvgIpc) is 3.49. The van der Waals surface area contributed by atoms with Crippen molar-refractivity contribution in [3.63, 3.8) is 0 Å². The van der Waals surface area contributed by atoms with Crippen molar-refractivity contribution in [1.82, 2.24) is 19.4 Å². The van der Waals surface area contributed by atoms with Crippen molar-refractivity contribution < 1.29 is 40.7 Å². The molecule has 2 aliphatic rings. The minimum atomic E-state index is -4.83. The van der Waals surface area contributed by atoms with E-state index in [1.807, 2.05) is 4.90 Å². The van der Waals surface area contributed by atoms with Crippen LogP contribution in [0, 0.1) is 5.41 Å². The van der Waals surface area contributed by atoms with Gasteiger partial charge in [0.05, 0.1) is 54.1 Å². The number of alkyl halides is 6. The number of anilines is 1. The quantitative estimate of drug-likeness (QED) is 0.269. The lowest BCUT2D eigenvalue weighted by Crippen LogP contribution is -2.52. The molecule has 0 bridgehead atoms. The molecule has 2 aromatic rings. The number of nitrogens with zero attached hydrogens (tertiary/aromatic N) is 5. The lowest BCUT2D eigenvalue weighted by Gasteiger charge is -2.40. The first-order chi connectivity index (χ1) is 18.8. The standard InChI is InChI=1S/C24H27F6N7O3/c25-23(26,27)14-11-33-22(34-12-14)37-6-3-17-16(37)2-1-5-36(17)19(38)4-8-40-9-7-35-13-15(24(28,29)30)20(21(32)39)18(35)10-31/h10-13,16-17,31H,1-9H2,(H2,32,39)/t16-,17-/m1/s1. The van der Waals surface area contributed by atoms with Crippen molar-refractivity contribution in [2.24, 2.45) is 5.73 Å². The van der Waals surface area contributed by atoms with Crippen LogP contribution in [0.2, 0.25) is 0 Å². The van der Waals surface area contributed by atoms with Gasteiger partial charge in [0, 0.05) is 44.4 Å². The summed E-state index contributed by atoms with van der Waals surface area (Å²) >= 11 is 0.